The second kappa shape index (κ2) is 7.33. The van der Waals surface area contributed by atoms with Crippen molar-refractivity contribution in [1.29, 1.82) is 0 Å². The van der Waals surface area contributed by atoms with Crippen LogP contribution in [0.4, 0.5) is 18.9 Å². The highest BCUT2D eigenvalue weighted by Gasteiger charge is 2.69. The number of nitrogens with one attached hydrogen (secondary N) is 1. The lowest BCUT2D eigenvalue weighted by molar-refractivity contribution is -0.137. The fourth-order valence-electron chi connectivity index (χ4n) is 6.88. The van der Waals surface area contributed by atoms with E-state index in [1.54, 1.807) is 23.1 Å². The van der Waals surface area contributed by atoms with Gasteiger partial charge in [0.1, 0.15) is 0 Å². The summed E-state index contributed by atoms with van der Waals surface area (Å²) in [4.78, 5) is 45.4. The molecule has 0 radical (unpaired) electrons. The normalized spacial score (nSPS) is 33.2. The van der Waals surface area contributed by atoms with E-state index in [0.717, 1.165) is 38.2 Å². The quantitative estimate of drug-likeness (QED) is 0.459. The van der Waals surface area contributed by atoms with Crippen LogP contribution in [0.3, 0.4) is 0 Å². The fraction of sp³-hybridized carbons (Fsp3) is 0.375. The van der Waals surface area contributed by atoms with Crippen molar-refractivity contribution in [2.24, 2.45) is 29.6 Å². The second-order valence-corrected chi connectivity index (χ2v) is 12.7. The van der Waals surface area contributed by atoms with E-state index in [2.05, 4.69) is 11.1 Å². The highest BCUT2D eigenvalue weighted by atomic mass is 32.2. The number of amides is 2. The van der Waals surface area contributed by atoms with Crippen LogP contribution >= 0.6 is 34.4 Å². The van der Waals surface area contributed by atoms with Gasteiger partial charge in [0.25, 0.3) is 0 Å². The molecule has 3 aromatic rings. The third-order valence-electron chi connectivity index (χ3n) is 8.01. The van der Waals surface area contributed by atoms with E-state index in [4.69, 9.17) is 0 Å². The highest BCUT2D eigenvalue weighted by Crippen LogP contribution is 2.69. The number of carbonyl (C=O) groups excluding carboxylic acids is 2. The molecule has 4 heterocycles. The topological polar surface area (TPSA) is 70.2 Å². The lowest BCUT2D eigenvalue weighted by Gasteiger charge is -2.42. The van der Waals surface area contributed by atoms with Gasteiger partial charge in [-0.2, -0.15) is 13.2 Å². The summed E-state index contributed by atoms with van der Waals surface area (Å²) in [5, 5.41) is 2.90. The summed E-state index contributed by atoms with van der Waals surface area (Å²) in [6.07, 6.45) is -3.82. The Balaban J connectivity index is 1.30. The summed E-state index contributed by atoms with van der Waals surface area (Å²) >= 11 is 4.42. The molecule has 11 heteroatoms. The average Bonchev–Trinajstić information content (AvgIpc) is 3.61. The van der Waals surface area contributed by atoms with Gasteiger partial charge in [0.2, 0.25) is 11.8 Å². The maximum absolute atomic E-state index is 13.6. The van der Waals surface area contributed by atoms with Crippen molar-refractivity contribution in [2.75, 3.05) is 4.90 Å². The Morgan fingerprint density at radius 1 is 1.00 bits per heavy atom. The van der Waals surface area contributed by atoms with Crippen molar-refractivity contribution in [3.63, 3.8) is 0 Å². The largest absolute Gasteiger partial charge is 0.416 e. The van der Waals surface area contributed by atoms with Crippen molar-refractivity contribution in [1.82, 2.24) is 4.98 Å². The lowest BCUT2D eigenvalue weighted by Crippen LogP contribution is -2.42. The Hall–Kier alpha value is -2.37. The number of halogens is 3. The molecule has 180 valence electrons. The van der Waals surface area contributed by atoms with E-state index in [1.165, 1.54) is 23.5 Å². The minimum absolute atomic E-state index is 0.0162. The van der Waals surface area contributed by atoms with Crippen LogP contribution in [-0.4, -0.2) is 22.0 Å². The minimum Gasteiger partial charge on any atom is -0.307 e. The van der Waals surface area contributed by atoms with Crippen molar-refractivity contribution < 1.29 is 22.8 Å². The van der Waals surface area contributed by atoms with E-state index in [1.807, 2.05) is 11.4 Å². The minimum atomic E-state index is -4.56. The van der Waals surface area contributed by atoms with Gasteiger partial charge in [-0.25, -0.2) is 0 Å². The van der Waals surface area contributed by atoms with Gasteiger partial charge >= 0.3 is 11.0 Å². The molecular weight excluding hydrogens is 517 g/mol. The number of anilines is 1. The molecule has 1 saturated heterocycles. The van der Waals surface area contributed by atoms with Gasteiger partial charge in [0, 0.05) is 20.9 Å². The van der Waals surface area contributed by atoms with Gasteiger partial charge in [-0.15, -0.1) is 23.1 Å². The summed E-state index contributed by atoms with van der Waals surface area (Å²) in [7, 11) is 0. The van der Waals surface area contributed by atoms with Crippen molar-refractivity contribution >= 4 is 51.9 Å². The monoisotopic (exact) mass is 534 g/mol. The Labute approximate surface area is 209 Å². The molecule has 0 unspecified atom stereocenters. The molecule has 1 N–H and O–H groups in total. The van der Waals surface area contributed by atoms with E-state index < -0.39 is 35.4 Å². The number of nitrogens with zero attached hydrogens (tertiary/aromatic N) is 1. The Morgan fingerprint density at radius 2 is 1.77 bits per heavy atom. The van der Waals surface area contributed by atoms with Crippen molar-refractivity contribution in [2.45, 2.75) is 28.8 Å². The number of aromatic nitrogens is 1. The predicted octanol–water partition coefficient (Wildman–Crippen LogP) is 5.19. The zero-order valence-electron chi connectivity index (χ0n) is 17.8. The SMILES string of the molecule is O=C1[C@@H]2[C@H]3C[C@@H]([C@@H]2C(=O)N1c1cccc(C(F)(F)F)c1)[C@@H]1[C@H](c2cccs2)c2sc(=O)[nH]c2S[C@H]31. The molecule has 5 nitrogen and oxygen atoms in total. The molecule has 0 spiro atoms. The zero-order valence-corrected chi connectivity index (χ0v) is 20.3. The Bertz CT molecular complexity index is 1430. The molecule has 35 heavy (non-hydrogen) atoms. The van der Waals surface area contributed by atoms with Crippen molar-refractivity contribution in [3.8, 4) is 0 Å². The first kappa shape index (κ1) is 21.9. The van der Waals surface area contributed by atoms with Crippen LogP contribution in [-0.2, 0) is 15.8 Å². The van der Waals surface area contributed by atoms with Gasteiger partial charge in [-0.3, -0.25) is 19.3 Å². The molecule has 2 saturated carbocycles. The summed E-state index contributed by atoms with van der Waals surface area (Å²) in [6, 6.07) is 8.48. The van der Waals surface area contributed by atoms with Gasteiger partial charge in [0.05, 0.1) is 28.1 Å². The third kappa shape index (κ3) is 2.97. The number of benzene rings is 1. The molecule has 2 amide bonds. The molecule has 7 atom stereocenters. The molecule has 2 aliphatic heterocycles. The van der Waals surface area contributed by atoms with Gasteiger partial charge in [-0.05, 0) is 53.8 Å². The molecule has 7 rings (SSSR count). The number of hydrogen-bond acceptors (Lipinski definition) is 6. The molecule has 3 fully saturated rings. The number of fused-ring (bicyclic) bond motifs is 9. The summed E-state index contributed by atoms with van der Waals surface area (Å²) < 4.78 is 39.9. The highest BCUT2D eigenvalue weighted by molar-refractivity contribution is 8.00. The molecule has 2 bridgehead atoms. The number of thiophene rings is 1. The number of imide groups is 1. The second-order valence-electron chi connectivity index (χ2n) is 9.54. The van der Waals surface area contributed by atoms with Crippen LogP contribution in [0.2, 0.25) is 0 Å². The first-order valence-electron chi connectivity index (χ1n) is 11.2. The van der Waals surface area contributed by atoms with Gasteiger partial charge < -0.3 is 4.98 Å². The number of H-pyrrole nitrogens is 1. The molecule has 4 aliphatic rings. The summed E-state index contributed by atoms with van der Waals surface area (Å²) in [5.41, 5.74) is -0.900. The first-order chi connectivity index (χ1) is 16.7. The summed E-state index contributed by atoms with van der Waals surface area (Å²) in [6.45, 7) is 0. The Morgan fingerprint density at radius 3 is 2.49 bits per heavy atom. The Kier molecular flexibility index (Phi) is 4.58. The van der Waals surface area contributed by atoms with Crippen LogP contribution in [0.25, 0.3) is 0 Å². The maximum Gasteiger partial charge on any atom is 0.416 e. The van der Waals surface area contributed by atoms with Crippen molar-refractivity contribution in [3.05, 3.63) is 66.8 Å². The molecule has 2 aliphatic carbocycles. The third-order valence-corrected chi connectivity index (χ3v) is 11.5. The van der Waals surface area contributed by atoms with E-state index >= 15 is 0 Å². The first-order valence-corrected chi connectivity index (χ1v) is 13.8. The summed E-state index contributed by atoms with van der Waals surface area (Å²) in [5.74, 6) is -1.94. The van der Waals surface area contributed by atoms with Crippen LogP contribution in [0, 0.1) is 29.6 Å². The molecule has 2 aromatic heterocycles. The zero-order chi connectivity index (χ0) is 24.2. The number of alkyl halides is 3. The van der Waals surface area contributed by atoms with Crippen LogP contribution in [0.15, 0.2) is 51.6 Å². The number of rotatable bonds is 2. The molecule has 1 aromatic carbocycles. The number of carbonyl (C=O) groups is 2. The maximum atomic E-state index is 13.6. The van der Waals surface area contributed by atoms with Crippen LogP contribution in [0.5, 0.6) is 0 Å². The number of aromatic amines is 1. The van der Waals surface area contributed by atoms with E-state index in [0.29, 0.717) is 0 Å². The standard InChI is InChI=1S/C24H17F3N2O3S3/c25-24(26,27)9-3-1-4-10(7-9)29-21(30)15-11-8-12(16(15)22(29)31)18-14(11)17(13-5-2-6-33-13)19-20(34-18)28-23(32)35-19/h1-7,11-12,14-18H,8H2,(H,28,32)/t11-,12-,14-,15+,16-,17+,18-/m1/s1. The van der Waals surface area contributed by atoms with Gasteiger partial charge in [0.15, 0.2) is 0 Å². The smallest absolute Gasteiger partial charge is 0.307 e. The number of thiazole rings is 1. The van der Waals surface area contributed by atoms with E-state index in [-0.39, 0.29) is 39.5 Å². The van der Waals surface area contributed by atoms with Crippen LogP contribution in [0.1, 0.15) is 27.7 Å². The predicted molar refractivity (Wildman–Crippen MR) is 127 cm³/mol. The van der Waals surface area contributed by atoms with E-state index in [9.17, 15) is 27.6 Å². The average molecular weight is 535 g/mol. The molecular formula is C24H17F3N2O3S3. The van der Waals surface area contributed by atoms with Crippen LogP contribution < -0.4 is 9.77 Å². The number of thioether (sulfide) groups is 1. The number of hydrogen-bond donors (Lipinski definition) is 1. The fourth-order valence-corrected chi connectivity index (χ4v) is 10.7. The lowest BCUT2D eigenvalue weighted by atomic mass is 9.69. The van der Waals surface area contributed by atoms with Gasteiger partial charge in [-0.1, -0.05) is 23.5 Å².